The Morgan fingerprint density at radius 2 is 1.68 bits per heavy atom. The summed E-state index contributed by atoms with van der Waals surface area (Å²) in [5.41, 5.74) is -1.09. The van der Waals surface area contributed by atoms with Crippen molar-refractivity contribution in [1.29, 1.82) is 0 Å². The third-order valence-corrected chi connectivity index (χ3v) is 9.00. The number of nitrogens with one attached hydrogen (secondary N) is 1. The summed E-state index contributed by atoms with van der Waals surface area (Å²) in [4.78, 5) is 26.4. The number of ether oxygens (including phenoxy) is 2. The predicted octanol–water partition coefficient (Wildman–Crippen LogP) is 4.65. The number of sulfone groups is 1. The van der Waals surface area contributed by atoms with Crippen molar-refractivity contribution in [2.75, 3.05) is 32.0 Å². The minimum Gasteiger partial charge on any atom is -0.489 e. The molecule has 1 N–H and O–H groups in total. The maximum atomic E-state index is 13.2. The Hall–Kier alpha value is -2.62. The normalized spacial score (nSPS) is 19.2. The van der Waals surface area contributed by atoms with Crippen LogP contribution in [0.3, 0.4) is 0 Å². The van der Waals surface area contributed by atoms with Gasteiger partial charge in [-0.25, -0.2) is 17.6 Å². The fourth-order valence-corrected chi connectivity index (χ4v) is 6.18. The molecule has 37 heavy (non-hydrogen) atoms. The SMILES string of the molecule is CC1(CS(=O)(=O)c2ccc(OC/C(=C/F)CNC(=O)OC(C)(C)C)cc2)CCN(C(=O)C2(C)CC2)CC1. The summed E-state index contributed by atoms with van der Waals surface area (Å²) in [5.74, 6) is 0.575. The summed E-state index contributed by atoms with van der Waals surface area (Å²) in [5, 5.41) is 2.47. The van der Waals surface area contributed by atoms with E-state index < -0.39 is 26.9 Å². The van der Waals surface area contributed by atoms with Crippen molar-refractivity contribution >= 4 is 21.8 Å². The van der Waals surface area contributed by atoms with E-state index in [0.717, 1.165) is 12.8 Å². The largest absolute Gasteiger partial charge is 0.489 e. The van der Waals surface area contributed by atoms with Gasteiger partial charge in [0.05, 0.1) is 17.0 Å². The van der Waals surface area contributed by atoms with Gasteiger partial charge in [-0.1, -0.05) is 13.8 Å². The van der Waals surface area contributed by atoms with E-state index >= 15 is 0 Å². The van der Waals surface area contributed by atoms with E-state index in [1.807, 2.05) is 18.7 Å². The van der Waals surface area contributed by atoms with Crippen molar-refractivity contribution in [2.24, 2.45) is 10.8 Å². The lowest BCUT2D eigenvalue weighted by Gasteiger charge is -2.40. The van der Waals surface area contributed by atoms with E-state index in [0.29, 0.717) is 38.0 Å². The first-order chi connectivity index (χ1) is 17.1. The topological polar surface area (TPSA) is 102 Å². The summed E-state index contributed by atoms with van der Waals surface area (Å²) >= 11 is 0. The molecule has 1 aliphatic carbocycles. The summed E-state index contributed by atoms with van der Waals surface area (Å²) in [6, 6.07) is 6.03. The summed E-state index contributed by atoms with van der Waals surface area (Å²) in [7, 11) is -3.55. The molecule has 3 rings (SSSR count). The monoisotopic (exact) mass is 538 g/mol. The van der Waals surface area contributed by atoms with Gasteiger partial charge in [-0.3, -0.25) is 4.79 Å². The Morgan fingerprint density at radius 1 is 1.08 bits per heavy atom. The molecule has 0 radical (unpaired) electrons. The lowest BCUT2D eigenvalue weighted by atomic mass is 9.82. The van der Waals surface area contributed by atoms with Gasteiger partial charge in [0.1, 0.15) is 18.0 Å². The third-order valence-electron chi connectivity index (χ3n) is 6.93. The van der Waals surface area contributed by atoms with Crippen LogP contribution in [0.4, 0.5) is 9.18 Å². The molecule has 1 aromatic rings. The number of piperidine rings is 1. The van der Waals surface area contributed by atoms with Crippen LogP contribution in [-0.4, -0.2) is 62.9 Å². The highest BCUT2D eigenvalue weighted by molar-refractivity contribution is 7.91. The van der Waals surface area contributed by atoms with Crippen LogP contribution >= 0.6 is 0 Å². The number of likely N-dealkylation sites (tertiary alicyclic amines) is 1. The van der Waals surface area contributed by atoms with Gasteiger partial charge in [0.25, 0.3) is 0 Å². The Kier molecular flexibility index (Phi) is 8.61. The number of carbonyl (C=O) groups is 2. The van der Waals surface area contributed by atoms with Gasteiger partial charge in [-0.05, 0) is 76.1 Å². The molecule has 2 aliphatic rings. The highest BCUT2D eigenvalue weighted by Gasteiger charge is 2.48. The van der Waals surface area contributed by atoms with Crippen LogP contribution in [0.5, 0.6) is 5.75 Å². The number of hydrogen-bond donors (Lipinski definition) is 1. The number of hydrogen-bond acceptors (Lipinski definition) is 6. The minimum absolute atomic E-state index is 0.00454. The fraction of sp³-hybridized carbons (Fsp3) is 0.630. The van der Waals surface area contributed by atoms with Crippen LogP contribution in [-0.2, 0) is 19.4 Å². The summed E-state index contributed by atoms with van der Waals surface area (Å²) < 4.78 is 50.2. The van der Waals surface area contributed by atoms with Gasteiger partial charge in [-0.15, -0.1) is 0 Å². The minimum atomic E-state index is -3.55. The molecular formula is C27H39FN2O6S. The summed E-state index contributed by atoms with van der Waals surface area (Å²) in [6.07, 6.45) is 2.85. The lowest BCUT2D eigenvalue weighted by molar-refractivity contribution is -0.138. The molecule has 1 aromatic carbocycles. The molecule has 2 amide bonds. The standard InChI is InChI=1S/C27H39FN2O6S/c1-25(2,3)36-24(32)29-17-20(16-28)18-35-21-6-8-22(9-7-21)37(33,34)19-26(4)12-14-30(15-13-26)23(31)27(5)10-11-27/h6-9,16H,10-15,17-19H2,1-5H3,(H,29,32)/b20-16+. The number of halogens is 1. The zero-order chi connectivity index (χ0) is 27.5. The highest BCUT2D eigenvalue weighted by atomic mass is 32.2. The van der Waals surface area contributed by atoms with Gasteiger partial charge in [0.15, 0.2) is 9.84 Å². The van der Waals surface area contributed by atoms with E-state index in [-0.39, 0.29) is 40.7 Å². The second-order valence-electron chi connectivity index (χ2n) is 11.8. The van der Waals surface area contributed by atoms with E-state index in [4.69, 9.17) is 9.47 Å². The van der Waals surface area contributed by atoms with Gasteiger partial charge >= 0.3 is 6.09 Å². The first-order valence-electron chi connectivity index (χ1n) is 12.6. The molecule has 1 saturated heterocycles. The quantitative estimate of drug-likeness (QED) is 0.491. The average Bonchev–Trinajstić information content (AvgIpc) is 3.56. The van der Waals surface area contributed by atoms with Crippen molar-refractivity contribution in [3.05, 3.63) is 36.2 Å². The molecule has 0 bridgehead atoms. The molecule has 8 nitrogen and oxygen atoms in total. The molecule has 0 aromatic heterocycles. The molecule has 0 unspecified atom stereocenters. The molecule has 206 valence electrons. The van der Waals surface area contributed by atoms with Crippen LogP contribution < -0.4 is 10.1 Å². The number of rotatable bonds is 9. The Labute approximate surface area is 219 Å². The Morgan fingerprint density at radius 3 is 2.19 bits per heavy atom. The van der Waals surface area contributed by atoms with E-state index in [2.05, 4.69) is 5.32 Å². The second-order valence-corrected chi connectivity index (χ2v) is 13.8. The second kappa shape index (κ2) is 11.0. The van der Waals surface area contributed by atoms with E-state index in [1.165, 1.54) is 24.3 Å². The lowest BCUT2D eigenvalue weighted by Crippen LogP contribution is -2.46. The fourth-order valence-electron chi connectivity index (χ4n) is 4.26. The molecule has 0 spiro atoms. The highest BCUT2D eigenvalue weighted by Crippen LogP contribution is 2.47. The average molecular weight is 539 g/mol. The molecule has 1 heterocycles. The van der Waals surface area contributed by atoms with Crippen LogP contribution in [0.2, 0.25) is 0 Å². The van der Waals surface area contributed by atoms with Gasteiger partial charge in [-0.2, -0.15) is 0 Å². The molecular weight excluding hydrogens is 499 g/mol. The number of nitrogens with zero attached hydrogens (tertiary/aromatic N) is 1. The van der Waals surface area contributed by atoms with Gasteiger partial charge in [0.2, 0.25) is 5.91 Å². The van der Waals surface area contributed by atoms with Crippen LogP contribution in [0.15, 0.2) is 41.1 Å². The Balaban J connectivity index is 1.50. The van der Waals surface area contributed by atoms with Crippen molar-refractivity contribution in [1.82, 2.24) is 10.2 Å². The van der Waals surface area contributed by atoms with Crippen LogP contribution in [0, 0.1) is 10.8 Å². The summed E-state index contributed by atoms with van der Waals surface area (Å²) in [6.45, 7) is 10.1. The van der Waals surface area contributed by atoms with E-state index in [1.54, 1.807) is 20.8 Å². The molecule has 1 aliphatic heterocycles. The Bertz CT molecular complexity index is 1110. The number of amides is 2. The van der Waals surface area contributed by atoms with Crippen molar-refractivity contribution < 1.29 is 31.9 Å². The number of benzene rings is 1. The smallest absolute Gasteiger partial charge is 0.407 e. The van der Waals surface area contributed by atoms with Gasteiger partial charge < -0.3 is 19.7 Å². The molecule has 2 fully saturated rings. The zero-order valence-corrected chi connectivity index (χ0v) is 23.3. The van der Waals surface area contributed by atoms with Crippen molar-refractivity contribution in [3.8, 4) is 5.75 Å². The number of alkyl carbamates (subject to hydrolysis) is 1. The first-order valence-corrected chi connectivity index (χ1v) is 14.3. The van der Waals surface area contributed by atoms with Gasteiger partial charge in [0, 0.05) is 30.6 Å². The maximum absolute atomic E-state index is 13.2. The van der Waals surface area contributed by atoms with E-state index in [9.17, 15) is 22.4 Å². The zero-order valence-electron chi connectivity index (χ0n) is 22.4. The number of carbonyl (C=O) groups excluding carboxylic acids is 2. The molecule has 0 atom stereocenters. The third kappa shape index (κ3) is 8.18. The molecule has 10 heteroatoms. The predicted molar refractivity (Wildman–Crippen MR) is 139 cm³/mol. The van der Waals surface area contributed by atoms with Crippen LogP contribution in [0.1, 0.15) is 60.3 Å². The molecule has 1 saturated carbocycles. The van der Waals surface area contributed by atoms with Crippen LogP contribution in [0.25, 0.3) is 0 Å². The first kappa shape index (κ1) is 28.9. The van der Waals surface area contributed by atoms with Crippen molar-refractivity contribution in [3.63, 3.8) is 0 Å². The maximum Gasteiger partial charge on any atom is 0.407 e. The van der Waals surface area contributed by atoms with Crippen molar-refractivity contribution in [2.45, 2.75) is 70.8 Å².